The molecular formula is C11H19N3O3. The van der Waals surface area contributed by atoms with Crippen LogP contribution in [-0.4, -0.2) is 60.2 Å². The Balaban J connectivity index is 2.45. The predicted molar refractivity (Wildman–Crippen MR) is 62.1 cm³/mol. The van der Waals surface area contributed by atoms with Gasteiger partial charge in [0.05, 0.1) is 19.0 Å². The van der Waals surface area contributed by atoms with Gasteiger partial charge in [-0.05, 0) is 13.8 Å². The van der Waals surface area contributed by atoms with Gasteiger partial charge in [-0.15, -0.1) is 0 Å². The number of hydrogen-bond acceptors (Lipinski definition) is 4. The van der Waals surface area contributed by atoms with Crippen molar-refractivity contribution in [1.29, 1.82) is 0 Å². The van der Waals surface area contributed by atoms with E-state index in [4.69, 9.17) is 0 Å². The van der Waals surface area contributed by atoms with Crippen molar-refractivity contribution in [3.05, 3.63) is 0 Å². The van der Waals surface area contributed by atoms with E-state index in [0.29, 0.717) is 0 Å². The summed E-state index contributed by atoms with van der Waals surface area (Å²) in [6.07, 6.45) is 0.133. The van der Waals surface area contributed by atoms with E-state index >= 15 is 0 Å². The highest BCUT2D eigenvalue weighted by atomic mass is 16.2. The molecule has 0 radical (unpaired) electrons. The van der Waals surface area contributed by atoms with Gasteiger partial charge in [0, 0.05) is 20.1 Å². The minimum atomic E-state index is -0.558. The van der Waals surface area contributed by atoms with Crippen molar-refractivity contribution in [1.82, 2.24) is 15.1 Å². The molecular weight excluding hydrogens is 222 g/mol. The number of hydrogen-bond donors (Lipinski definition) is 1. The molecule has 0 saturated carbocycles. The molecule has 6 heteroatoms. The Morgan fingerprint density at radius 2 is 2.12 bits per heavy atom. The van der Waals surface area contributed by atoms with E-state index in [9.17, 15) is 14.4 Å². The highest BCUT2D eigenvalue weighted by Gasteiger charge is 2.35. The van der Waals surface area contributed by atoms with Gasteiger partial charge in [0.15, 0.2) is 0 Å². The third kappa shape index (κ3) is 3.03. The van der Waals surface area contributed by atoms with Crippen LogP contribution in [0.2, 0.25) is 0 Å². The molecule has 0 aromatic heterocycles. The number of nitrogens with zero attached hydrogens (tertiary/aromatic N) is 2. The van der Waals surface area contributed by atoms with Crippen LogP contribution in [0.4, 0.5) is 0 Å². The standard InChI is InChI=1S/C11H19N3O3/c1-7(2)13(3)10(16)6-12-8-5-9(15)14(4)11(8)17/h7-8,12H,5-6H2,1-4H3. The monoisotopic (exact) mass is 241 g/mol. The summed E-state index contributed by atoms with van der Waals surface area (Å²) in [5, 5.41) is 2.82. The SMILES string of the molecule is CC(C)N(C)C(=O)CNC1CC(=O)N(C)C1=O. The van der Waals surface area contributed by atoms with Crippen molar-refractivity contribution in [3.8, 4) is 0 Å². The second-order valence-corrected chi connectivity index (χ2v) is 4.53. The van der Waals surface area contributed by atoms with Gasteiger partial charge in [-0.2, -0.15) is 0 Å². The number of amides is 3. The average molecular weight is 241 g/mol. The first-order valence-electron chi connectivity index (χ1n) is 5.64. The molecule has 0 bridgehead atoms. The lowest BCUT2D eigenvalue weighted by Crippen LogP contribution is -2.45. The Morgan fingerprint density at radius 3 is 2.53 bits per heavy atom. The van der Waals surface area contributed by atoms with Gasteiger partial charge >= 0.3 is 0 Å². The molecule has 1 aliphatic heterocycles. The zero-order valence-electron chi connectivity index (χ0n) is 10.7. The van der Waals surface area contributed by atoms with E-state index in [2.05, 4.69) is 5.32 Å². The first kappa shape index (κ1) is 13.6. The van der Waals surface area contributed by atoms with Gasteiger partial charge in [0.25, 0.3) is 0 Å². The molecule has 1 N–H and O–H groups in total. The lowest BCUT2D eigenvalue weighted by atomic mass is 10.2. The topological polar surface area (TPSA) is 69.7 Å². The van der Waals surface area contributed by atoms with Crippen LogP contribution in [0.25, 0.3) is 0 Å². The Labute approximate surface area is 101 Å². The summed E-state index contributed by atoms with van der Waals surface area (Å²) >= 11 is 0. The van der Waals surface area contributed by atoms with E-state index < -0.39 is 6.04 Å². The maximum absolute atomic E-state index is 11.7. The molecule has 1 heterocycles. The average Bonchev–Trinajstić information content (AvgIpc) is 2.52. The highest BCUT2D eigenvalue weighted by Crippen LogP contribution is 2.10. The van der Waals surface area contributed by atoms with Crippen molar-refractivity contribution in [2.24, 2.45) is 0 Å². The molecule has 0 aromatic rings. The van der Waals surface area contributed by atoms with Crippen LogP contribution in [0.5, 0.6) is 0 Å². The molecule has 17 heavy (non-hydrogen) atoms. The maximum atomic E-state index is 11.7. The van der Waals surface area contributed by atoms with Gasteiger partial charge in [0.1, 0.15) is 0 Å². The van der Waals surface area contributed by atoms with Crippen molar-refractivity contribution < 1.29 is 14.4 Å². The molecule has 1 unspecified atom stereocenters. The quantitative estimate of drug-likeness (QED) is 0.654. The number of carbonyl (C=O) groups excluding carboxylic acids is 3. The summed E-state index contributed by atoms with van der Waals surface area (Å²) in [6.45, 7) is 3.90. The van der Waals surface area contributed by atoms with Crippen molar-refractivity contribution in [3.63, 3.8) is 0 Å². The molecule has 6 nitrogen and oxygen atoms in total. The smallest absolute Gasteiger partial charge is 0.246 e. The fraction of sp³-hybridized carbons (Fsp3) is 0.727. The summed E-state index contributed by atoms with van der Waals surface area (Å²) in [6, 6.07) is -0.440. The number of likely N-dealkylation sites (tertiary alicyclic amines) is 1. The van der Waals surface area contributed by atoms with Gasteiger partial charge in [-0.3, -0.25) is 24.6 Å². The minimum Gasteiger partial charge on any atom is -0.342 e. The number of nitrogens with one attached hydrogen (secondary N) is 1. The summed E-state index contributed by atoms with van der Waals surface area (Å²) in [7, 11) is 3.16. The molecule has 1 saturated heterocycles. The van der Waals surface area contributed by atoms with E-state index in [1.54, 1.807) is 11.9 Å². The van der Waals surface area contributed by atoms with Gasteiger partial charge in [-0.25, -0.2) is 0 Å². The Bertz CT molecular complexity index is 341. The molecule has 3 amide bonds. The Hall–Kier alpha value is -1.43. The van der Waals surface area contributed by atoms with Crippen molar-refractivity contribution in [2.75, 3.05) is 20.6 Å². The van der Waals surface area contributed by atoms with Crippen LogP contribution in [0.1, 0.15) is 20.3 Å². The zero-order chi connectivity index (χ0) is 13.2. The van der Waals surface area contributed by atoms with Crippen molar-refractivity contribution >= 4 is 17.7 Å². The molecule has 1 rings (SSSR count). The maximum Gasteiger partial charge on any atom is 0.246 e. The van der Waals surface area contributed by atoms with E-state index in [1.807, 2.05) is 13.8 Å². The van der Waals surface area contributed by atoms with E-state index in [0.717, 1.165) is 4.90 Å². The van der Waals surface area contributed by atoms with Gasteiger partial charge in [0.2, 0.25) is 17.7 Å². The van der Waals surface area contributed by atoms with Crippen molar-refractivity contribution in [2.45, 2.75) is 32.4 Å². The fourth-order valence-corrected chi connectivity index (χ4v) is 1.54. The van der Waals surface area contributed by atoms with Crippen LogP contribution in [0, 0.1) is 0 Å². The first-order valence-corrected chi connectivity index (χ1v) is 5.64. The molecule has 1 atom stereocenters. The third-order valence-electron chi connectivity index (χ3n) is 3.05. The van der Waals surface area contributed by atoms with E-state index in [-0.39, 0.29) is 36.7 Å². The molecule has 96 valence electrons. The molecule has 1 fully saturated rings. The van der Waals surface area contributed by atoms with E-state index in [1.165, 1.54) is 7.05 Å². The summed E-state index contributed by atoms with van der Waals surface area (Å²) in [5.41, 5.74) is 0. The normalized spacial score (nSPS) is 20.3. The lowest BCUT2D eigenvalue weighted by Gasteiger charge is -2.22. The van der Waals surface area contributed by atoms with Crippen LogP contribution >= 0.6 is 0 Å². The number of imide groups is 1. The third-order valence-corrected chi connectivity index (χ3v) is 3.05. The lowest BCUT2D eigenvalue weighted by molar-refractivity contribution is -0.137. The largest absolute Gasteiger partial charge is 0.342 e. The van der Waals surface area contributed by atoms with Crippen LogP contribution in [0.15, 0.2) is 0 Å². The molecule has 0 aromatic carbocycles. The summed E-state index contributed by atoms with van der Waals surface area (Å²) in [5.74, 6) is -0.568. The van der Waals surface area contributed by atoms with Crippen LogP contribution in [-0.2, 0) is 14.4 Å². The Morgan fingerprint density at radius 1 is 1.53 bits per heavy atom. The highest BCUT2D eigenvalue weighted by molar-refractivity contribution is 6.05. The molecule has 1 aliphatic rings. The predicted octanol–water partition coefficient (Wildman–Crippen LogP) is -0.800. The summed E-state index contributed by atoms with van der Waals surface area (Å²) < 4.78 is 0. The number of rotatable bonds is 4. The Kier molecular flexibility index (Phi) is 4.22. The second kappa shape index (κ2) is 5.27. The molecule has 0 spiro atoms. The molecule has 0 aliphatic carbocycles. The minimum absolute atomic E-state index is 0.0756. The first-order chi connectivity index (χ1) is 7.84. The number of carbonyl (C=O) groups is 3. The number of likely N-dealkylation sites (N-methyl/N-ethyl adjacent to an activating group) is 2. The summed E-state index contributed by atoms with van der Waals surface area (Å²) in [4.78, 5) is 37.2. The van der Waals surface area contributed by atoms with Crippen LogP contribution in [0.3, 0.4) is 0 Å². The van der Waals surface area contributed by atoms with Gasteiger partial charge in [-0.1, -0.05) is 0 Å². The fourth-order valence-electron chi connectivity index (χ4n) is 1.54. The zero-order valence-corrected chi connectivity index (χ0v) is 10.7. The second-order valence-electron chi connectivity index (χ2n) is 4.53. The van der Waals surface area contributed by atoms with Gasteiger partial charge < -0.3 is 4.90 Å². The van der Waals surface area contributed by atoms with Crippen LogP contribution < -0.4 is 5.32 Å².